The minimum atomic E-state index is 0.140. The second kappa shape index (κ2) is 7.81. The zero-order valence-corrected chi connectivity index (χ0v) is 17.7. The fraction of sp³-hybridized carbons (Fsp3) is 0.375. The summed E-state index contributed by atoms with van der Waals surface area (Å²) >= 11 is 1.88. The minimum absolute atomic E-state index is 0.140. The average molecular weight is 406 g/mol. The fourth-order valence-corrected chi connectivity index (χ4v) is 5.47. The number of anilines is 2. The van der Waals surface area contributed by atoms with E-state index >= 15 is 0 Å². The van der Waals surface area contributed by atoms with Crippen molar-refractivity contribution in [2.45, 2.75) is 26.2 Å². The Hall–Kier alpha value is -2.37. The summed E-state index contributed by atoms with van der Waals surface area (Å²) in [6, 6.07) is 15.6. The Morgan fingerprint density at radius 3 is 2.76 bits per heavy atom. The quantitative estimate of drug-likeness (QED) is 0.696. The number of carbonyl (C=O) groups excluding carboxylic acids is 1. The Morgan fingerprint density at radius 1 is 1.03 bits per heavy atom. The van der Waals surface area contributed by atoms with Gasteiger partial charge in [0.25, 0.3) is 0 Å². The van der Waals surface area contributed by atoms with Crippen LogP contribution in [0.3, 0.4) is 0 Å². The highest BCUT2D eigenvalue weighted by atomic mass is 32.1. The van der Waals surface area contributed by atoms with E-state index in [1.807, 2.05) is 11.3 Å². The van der Waals surface area contributed by atoms with Crippen molar-refractivity contribution < 1.29 is 4.79 Å². The summed E-state index contributed by atoms with van der Waals surface area (Å²) in [6.45, 7) is 7.62. The van der Waals surface area contributed by atoms with Crippen molar-refractivity contribution in [2.75, 3.05) is 42.9 Å². The molecule has 5 rings (SSSR count). The first kappa shape index (κ1) is 18.6. The zero-order chi connectivity index (χ0) is 19.8. The summed E-state index contributed by atoms with van der Waals surface area (Å²) in [6.07, 6.45) is 2.50. The van der Waals surface area contributed by atoms with Crippen LogP contribution in [0.1, 0.15) is 22.4 Å². The fourth-order valence-electron chi connectivity index (χ4n) is 4.52. The second-order valence-electron chi connectivity index (χ2n) is 8.16. The van der Waals surface area contributed by atoms with Crippen LogP contribution in [0.2, 0.25) is 0 Å². The molecule has 4 nitrogen and oxygen atoms in total. The molecule has 1 saturated heterocycles. The molecule has 2 aromatic carbocycles. The van der Waals surface area contributed by atoms with Gasteiger partial charge < -0.3 is 10.2 Å². The molecule has 0 unspecified atom stereocenters. The molecule has 0 spiro atoms. The number of benzene rings is 2. The number of thiophene rings is 1. The number of rotatable bonds is 4. The van der Waals surface area contributed by atoms with E-state index in [-0.39, 0.29) is 5.91 Å². The maximum absolute atomic E-state index is 11.6. The van der Waals surface area contributed by atoms with E-state index < -0.39 is 0 Å². The van der Waals surface area contributed by atoms with Crippen molar-refractivity contribution in [3.05, 3.63) is 58.5 Å². The van der Waals surface area contributed by atoms with Crippen LogP contribution in [-0.4, -0.2) is 43.5 Å². The highest BCUT2D eigenvalue weighted by molar-refractivity contribution is 7.19. The molecular weight excluding hydrogens is 378 g/mol. The topological polar surface area (TPSA) is 35.6 Å². The summed E-state index contributed by atoms with van der Waals surface area (Å²) in [4.78, 5) is 18.1. The van der Waals surface area contributed by atoms with Gasteiger partial charge in [-0.3, -0.25) is 9.69 Å². The van der Waals surface area contributed by atoms with Gasteiger partial charge in [-0.05, 0) is 55.2 Å². The summed E-state index contributed by atoms with van der Waals surface area (Å²) in [5.74, 6) is 0.140. The minimum Gasteiger partial charge on any atom is -0.368 e. The van der Waals surface area contributed by atoms with Crippen LogP contribution in [0.4, 0.5) is 11.4 Å². The molecular formula is C24H27N3OS. The third-order valence-electron chi connectivity index (χ3n) is 6.16. The molecule has 2 aliphatic rings. The number of nitrogens with zero attached hydrogens (tertiary/aromatic N) is 2. The van der Waals surface area contributed by atoms with Crippen molar-refractivity contribution in [3.63, 3.8) is 0 Å². The number of carbonyl (C=O) groups is 1. The van der Waals surface area contributed by atoms with Gasteiger partial charge in [-0.1, -0.05) is 18.2 Å². The Labute approximate surface area is 176 Å². The van der Waals surface area contributed by atoms with Gasteiger partial charge in [-0.15, -0.1) is 11.3 Å². The first-order valence-corrected chi connectivity index (χ1v) is 11.4. The highest BCUT2D eigenvalue weighted by Gasteiger charge is 2.20. The van der Waals surface area contributed by atoms with E-state index in [0.717, 1.165) is 51.3 Å². The summed E-state index contributed by atoms with van der Waals surface area (Å²) in [5.41, 5.74) is 4.98. The lowest BCUT2D eigenvalue weighted by Gasteiger charge is -2.36. The Kier molecular flexibility index (Phi) is 5.02. The van der Waals surface area contributed by atoms with Crippen molar-refractivity contribution >= 4 is 38.7 Å². The molecule has 0 aliphatic carbocycles. The van der Waals surface area contributed by atoms with Crippen LogP contribution in [-0.2, 0) is 17.6 Å². The van der Waals surface area contributed by atoms with Crippen LogP contribution >= 0.6 is 11.3 Å². The van der Waals surface area contributed by atoms with Crippen LogP contribution in [0, 0.1) is 6.92 Å². The first-order chi connectivity index (χ1) is 14.2. The third-order valence-corrected chi connectivity index (χ3v) is 7.18. The number of amides is 1. The maximum Gasteiger partial charge on any atom is 0.224 e. The van der Waals surface area contributed by atoms with Crippen LogP contribution < -0.4 is 10.2 Å². The Balaban J connectivity index is 1.19. The number of piperazine rings is 1. The molecule has 150 valence electrons. The van der Waals surface area contributed by atoms with Crippen molar-refractivity contribution in [1.29, 1.82) is 0 Å². The Bertz CT molecular complexity index is 1050. The standard InChI is InChI=1S/C24H27N3OS/c1-17-15-20-22(3-2-4-23(20)29-17)27-13-11-26(12-14-27)10-9-18-5-6-19-7-8-24(28)25-21(19)16-18/h2-6,15-16H,7-14H2,1H3,(H,25,28). The molecule has 1 amide bonds. The Morgan fingerprint density at radius 2 is 1.90 bits per heavy atom. The third kappa shape index (κ3) is 3.89. The molecule has 3 aromatic rings. The number of nitrogens with one attached hydrogen (secondary N) is 1. The van der Waals surface area contributed by atoms with E-state index in [9.17, 15) is 4.79 Å². The van der Waals surface area contributed by atoms with E-state index in [0.29, 0.717) is 6.42 Å². The molecule has 5 heteroatoms. The van der Waals surface area contributed by atoms with Gasteiger partial charge in [0.1, 0.15) is 0 Å². The number of aryl methyl sites for hydroxylation is 2. The lowest BCUT2D eigenvalue weighted by atomic mass is 9.99. The molecule has 1 aromatic heterocycles. The van der Waals surface area contributed by atoms with E-state index in [2.05, 4.69) is 64.5 Å². The normalized spacial score (nSPS) is 17.4. The molecule has 0 bridgehead atoms. The number of hydrogen-bond acceptors (Lipinski definition) is 4. The van der Waals surface area contributed by atoms with Crippen LogP contribution in [0.15, 0.2) is 42.5 Å². The van der Waals surface area contributed by atoms with E-state index in [1.54, 1.807) is 0 Å². The van der Waals surface area contributed by atoms with Gasteiger partial charge in [-0.25, -0.2) is 0 Å². The van der Waals surface area contributed by atoms with Gasteiger partial charge in [-0.2, -0.15) is 0 Å². The van der Waals surface area contributed by atoms with Gasteiger partial charge in [0.15, 0.2) is 0 Å². The van der Waals surface area contributed by atoms with Crippen LogP contribution in [0.25, 0.3) is 10.1 Å². The number of hydrogen-bond donors (Lipinski definition) is 1. The monoisotopic (exact) mass is 405 g/mol. The lowest BCUT2D eigenvalue weighted by Crippen LogP contribution is -2.47. The molecule has 1 N–H and O–H groups in total. The average Bonchev–Trinajstić information content (AvgIpc) is 3.12. The van der Waals surface area contributed by atoms with Crippen molar-refractivity contribution in [1.82, 2.24) is 4.90 Å². The molecule has 1 fully saturated rings. The van der Waals surface area contributed by atoms with E-state index in [1.165, 1.54) is 31.8 Å². The van der Waals surface area contributed by atoms with E-state index in [4.69, 9.17) is 0 Å². The van der Waals surface area contributed by atoms with Gasteiger partial charge in [0, 0.05) is 65.5 Å². The van der Waals surface area contributed by atoms with Gasteiger partial charge in [0.05, 0.1) is 0 Å². The molecule has 2 aliphatic heterocycles. The molecule has 0 saturated carbocycles. The largest absolute Gasteiger partial charge is 0.368 e. The molecule has 0 radical (unpaired) electrons. The molecule has 29 heavy (non-hydrogen) atoms. The van der Waals surface area contributed by atoms with Gasteiger partial charge >= 0.3 is 0 Å². The SMILES string of the molecule is Cc1cc2c(N3CCN(CCc4ccc5c(c4)NC(=O)CC5)CC3)cccc2s1. The zero-order valence-electron chi connectivity index (χ0n) is 16.9. The molecule has 0 atom stereocenters. The molecule has 3 heterocycles. The smallest absolute Gasteiger partial charge is 0.224 e. The first-order valence-electron chi connectivity index (χ1n) is 10.5. The lowest BCUT2D eigenvalue weighted by molar-refractivity contribution is -0.116. The second-order valence-corrected chi connectivity index (χ2v) is 9.45. The summed E-state index contributed by atoms with van der Waals surface area (Å²) < 4.78 is 1.39. The highest BCUT2D eigenvalue weighted by Crippen LogP contribution is 2.33. The predicted octanol–water partition coefficient (Wildman–Crippen LogP) is 4.46. The summed E-state index contributed by atoms with van der Waals surface area (Å²) in [7, 11) is 0. The van der Waals surface area contributed by atoms with Crippen molar-refractivity contribution in [3.8, 4) is 0 Å². The maximum atomic E-state index is 11.6. The predicted molar refractivity (Wildman–Crippen MR) is 122 cm³/mol. The van der Waals surface area contributed by atoms with Crippen molar-refractivity contribution in [2.24, 2.45) is 0 Å². The van der Waals surface area contributed by atoms with Gasteiger partial charge in [0.2, 0.25) is 5.91 Å². The summed E-state index contributed by atoms with van der Waals surface area (Å²) in [5, 5.41) is 4.42. The van der Waals surface area contributed by atoms with Crippen LogP contribution in [0.5, 0.6) is 0 Å². The number of fused-ring (bicyclic) bond motifs is 2.